The molecule has 0 spiro atoms. The van der Waals surface area contributed by atoms with Crippen LogP contribution in [-0.2, 0) is 16.0 Å². The molecular weight excluding hydrogens is 354 g/mol. The number of nitrogens with one attached hydrogen (secondary N) is 1. The first-order valence-electron chi connectivity index (χ1n) is 9.60. The van der Waals surface area contributed by atoms with Crippen molar-refractivity contribution in [1.82, 2.24) is 4.90 Å². The van der Waals surface area contributed by atoms with Crippen molar-refractivity contribution >= 4 is 23.2 Å². The lowest BCUT2D eigenvalue weighted by atomic mass is 10.1. The van der Waals surface area contributed by atoms with Crippen molar-refractivity contribution in [3.8, 4) is 5.75 Å². The molecular formula is C22H27N3O3. The number of hydrogen-bond donors (Lipinski definition) is 1. The van der Waals surface area contributed by atoms with Crippen LogP contribution in [0.15, 0.2) is 48.5 Å². The van der Waals surface area contributed by atoms with E-state index in [9.17, 15) is 9.59 Å². The first kappa shape index (κ1) is 19.9. The van der Waals surface area contributed by atoms with E-state index in [-0.39, 0.29) is 24.4 Å². The molecule has 0 saturated heterocycles. The molecule has 3 rings (SSSR count). The second-order valence-corrected chi connectivity index (χ2v) is 6.88. The Morgan fingerprint density at radius 1 is 1.18 bits per heavy atom. The van der Waals surface area contributed by atoms with Gasteiger partial charge >= 0.3 is 0 Å². The topological polar surface area (TPSA) is 61.9 Å². The molecule has 6 heteroatoms. The summed E-state index contributed by atoms with van der Waals surface area (Å²) in [4.78, 5) is 29.3. The van der Waals surface area contributed by atoms with E-state index in [0.29, 0.717) is 18.8 Å². The van der Waals surface area contributed by atoms with Crippen molar-refractivity contribution in [3.05, 3.63) is 54.1 Å². The standard InChI is InChI=1S/C22H27N3O3/c1-4-24(15-21(26)23-18-9-11-19(28-3)12-10-18)16(2)22(27)25-14-13-17-7-5-6-8-20(17)25/h5-12,16H,4,13-15H2,1-3H3,(H,23,26)/t16-/m0/s1. The zero-order valence-corrected chi connectivity index (χ0v) is 16.6. The SMILES string of the molecule is CCN(CC(=O)Nc1ccc(OC)cc1)[C@@H](C)C(=O)N1CCc2ccccc21. The van der Waals surface area contributed by atoms with Gasteiger partial charge in [-0.3, -0.25) is 14.5 Å². The van der Waals surface area contributed by atoms with Gasteiger partial charge in [0.1, 0.15) is 5.75 Å². The largest absolute Gasteiger partial charge is 0.497 e. The van der Waals surface area contributed by atoms with Gasteiger partial charge in [0, 0.05) is 17.9 Å². The fourth-order valence-electron chi connectivity index (χ4n) is 3.53. The number of benzene rings is 2. The van der Waals surface area contributed by atoms with Crippen molar-refractivity contribution in [1.29, 1.82) is 0 Å². The summed E-state index contributed by atoms with van der Waals surface area (Å²) in [6.07, 6.45) is 0.874. The molecule has 1 aliphatic heterocycles. The lowest BCUT2D eigenvalue weighted by molar-refractivity contribution is -0.124. The summed E-state index contributed by atoms with van der Waals surface area (Å²) in [6.45, 7) is 5.29. The number of hydrogen-bond acceptors (Lipinski definition) is 4. The summed E-state index contributed by atoms with van der Waals surface area (Å²) >= 11 is 0. The number of para-hydroxylation sites is 1. The molecule has 2 aromatic rings. The molecule has 0 radical (unpaired) electrons. The summed E-state index contributed by atoms with van der Waals surface area (Å²) < 4.78 is 5.12. The van der Waals surface area contributed by atoms with E-state index in [4.69, 9.17) is 4.74 Å². The number of amides is 2. The van der Waals surface area contributed by atoms with Gasteiger partial charge in [0.15, 0.2) is 0 Å². The fourth-order valence-corrected chi connectivity index (χ4v) is 3.53. The lowest BCUT2D eigenvalue weighted by Crippen LogP contribution is -2.49. The molecule has 28 heavy (non-hydrogen) atoms. The predicted molar refractivity (Wildman–Crippen MR) is 111 cm³/mol. The third-order valence-electron chi connectivity index (χ3n) is 5.18. The first-order chi connectivity index (χ1) is 13.5. The molecule has 1 aliphatic rings. The molecule has 0 aliphatic carbocycles. The van der Waals surface area contributed by atoms with Gasteiger partial charge in [-0.05, 0) is 55.8 Å². The highest BCUT2D eigenvalue weighted by atomic mass is 16.5. The molecule has 0 aromatic heterocycles. The number of carbonyl (C=O) groups is 2. The Morgan fingerprint density at radius 3 is 2.57 bits per heavy atom. The van der Waals surface area contributed by atoms with Crippen LogP contribution in [0.5, 0.6) is 5.75 Å². The fraction of sp³-hybridized carbons (Fsp3) is 0.364. The Balaban J connectivity index is 1.62. The van der Waals surface area contributed by atoms with Crippen molar-refractivity contribution in [2.75, 3.05) is 37.0 Å². The van der Waals surface area contributed by atoms with Crippen molar-refractivity contribution in [3.63, 3.8) is 0 Å². The minimum Gasteiger partial charge on any atom is -0.497 e. The zero-order valence-electron chi connectivity index (χ0n) is 16.6. The second kappa shape index (κ2) is 8.89. The van der Waals surface area contributed by atoms with Crippen LogP contribution in [0.1, 0.15) is 19.4 Å². The first-order valence-corrected chi connectivity index (χ1v) is 9.60. The lowest BCUT2D eigenvalue weighted by Gasteiger charge is -2.30. The van der Waals surface area contributed by atoms with E-state index >= 15 is 0 Å². The van der Waals surface area contributed by atoms with Gasteiger partial charge in [0.25, 0.3) is 0 Å². The van der Waals surface area contributed by atoms with Crippen LogP contribution < -0.4 is 15.0 Å². The maximum atomic E-state index is 13.1. The average Bonchev–Trinajstić information content (AvgIpc) is 3.15. The van der Waals surface area contributed by atoms with E-state index in [1.54, 1.807) is 31.4 Å². The van der Waals surface area contributed by atoms with Crippen LogP contribution in [0.2, 0.25) is 0 Å². The van der Waals surface area contributed by atoms with Crippen molar-refractivity contribution in [2.45, 2.75) is 26.3 Å². The van der Waals surface area contributed by atoms with Gasteiger partial charge in [0.2, 0.25) is 11.8 Å². The predicted octanol–water partition coefficient (Wildman–Crippen LogP) is 2.93. The summed E-state index contributed by atoms with van der Waals surface area (Å²) in [5, 5.41) is 2.88. The van der Waals surface area contributed by atoms with Crippen LogP contribution in [0.3, 0.4) is 0 Å². The third-order valence-corrected chi connectivity index (χ3v) is 5.18. The Kier molecular flexibility index (Phi) is 6.31. The van der Waals surface area contributed by atoms with Crippen molar-refractivity contribution in [2.24, 2.45) is 0 Å². The van der Waals surface area contributed by atoms with Crippen LogP contribution in [-0.4, -0.2) is 49.5 Å². The summed E-state index contributed by atoms with van der Waals surface area (Å²) in [5.74, 6) is 0.621. The number of nitrogens with zero attached hydrogens (tertiary/aromatic N) is 2. The van der Waals surface area contributed by atoms with Gasteiger partial charge in [-0.2, -0.15) is 0 Å². The van der Waals surface area contributed by atoms with Gasteiger partial charge < -0.3 is 15.0 Å². The number of likely N-dealkylation sites (N-methyl/N-ethyl adjacent to an activating group) is 1. The maximum Gasteiger partial charge on any atom is 0.244 e. The highest BCUT2D eigenvalue weighted by Gasteiger charge is 2.31. The molecule has 6 nitrogen and oxygen atoms in total. The molecule has 0 fully saturated rings. The van der Waals surface area contributed by atoms with Gasteiger partial charge in [-0.25, -0.2) is 0 Å². The quantitative estimate of drug-likeness (QED) is 0.801. The molecule has 1 heterocycles. The number of rotatable bonds is 7. The minimum absolute atomic E-state index is 0.0315. The Morgan fingerprint density at radius 2 is 1.89 bits per heavy atom. The third kappa shape index (κ3) is 4.34. The maximum absolute atomic E-state index is 13.1. The Labute approximate surface area is 166 Å². The van der Waals surface area contributed by atoms with E-state index in [1.807, 2.05) is 41.8 Å². The number of anilines is 2. The summed E-state index contributed by atoms with van der Waals surface area (Å²) in [5.41, 5.74) is 2.88. The molecule has 1 N–H and O–H groups in total. The smallest absolute Gasteiger partial charge is 0.244 e. The average molecular weight is 381 g/mol. The second-order valence-electron chi connectivity index (χ2n) is 6.88. The molecule has 0 bridgehead atoms. The monoisotopic (exact) mass is 381 g/mol. The van der Waals surface area contributed by atoms with Gasteiger partial charge in [-0.1, -0.05) is 25.1 Å². The molecule has 1 atom stereocenters. The van der Waals surface area contributed by atoms with Crippen LogP contribution in [0.4, 0.5) is 11.4 Å². The Hall–Kier alpha value is -2.86. The number of ether oxygens (including phenoxy) is 1. The molecule has 0 unspecified atom stereocenters. The van der Waals surface area contributed by atoms with E-state index in [1.165, 1.54) is 5.56 Å². The normalized spacial score (nSPS) is 13.9. The van der Waals surface area contributed by atoms with E-state index in [2.05, 4.69) is 11.4 Å². The van der Waals surface area contributed by atoms with Crippen molar-refractivity contribution < 1.29 is 14.3 Å². The van der Waals surface area contributed by atoms with Crippen LogP contribution in [0, 0.1) is 0 Å². The Bertz CT molecular complexity index is 835. The molecule has 0 saturated carbocycles. The van der Waals surface area contributed by atoms with E-state index in [0.717, 1.165) is 17.9 Å². The van der Waals surface area contributed by atoms with E-state index < -0.39 is 0 Å². The summed E-state index contributed by atoms with van der Waals surface area (Å²) in [7, 11) is 1.60. The molecule has 148 valence electrons. The highest BCUT2D eigenvalue weighted by molar-refractivity contribution is 5.99. The zero-order chi connectivity index (χ0) is 20.1. The minimum atomic E-state index is -0.377. The van der Waals surface area contributed by atoms with Gasteiger partial charge in [-0.15, -0.1) is 0 Å². The molecule has 2 amide bonds. The highest BCUT2D eigenvalue weighted by Crippen LogP contribution is 2.28. The van der Waals surface area contributed by atoms with Gasteiger partial charge in [0.05, 0.1) is 19.7 Å². The number of methoxy groups -OCH3 is 1. The van der Waals surface area contributed by atoms with Crippen LogP contribution >= 0.6 is 0 Å². The summed E-state index contributed by atoms with van der Waals surface area (Å²) in [6, 6.07) is 14.8. The van der Waals surface area contributed by atoms with Crippen LogP contribution in [0.25, 0.3) is 0 Å². The number of carbonyl (C=O) groups excluding carboxylic acids is 2. The number of fused-ring (bicyclic) bond motifs is 1. The molecule has 2 aromatic carbocycles.